The topological polar surface area (TPSA) is 94.9 Å². The second-order valence-corrected chi connectivity index (χ2v) is 15.0. The predicted octanol–water partition coefficient (Wildman–Crippen LogP) is 6.29. The number of hydrogen-bond donors (Lipinski definition) is 1. The number of anilines is 1. The number of amides is 1. The lowest BCUT2D eigenvalue weighted by atomic mass is 9.95. The fraction of sp³-hybridized carbons (Fsp3) is 0.487. The second kappa shape index (κ2) is 12.6. The zero-order valence-electron chi connectivity index (χ0n) is 28.6. The van der Waals surface area contributed by atoms with E-state index >= 15 is 4.39 Å². The molecule has 2 unspecified atom stereocenters. The van der Waals surface area contributed by atoms with Crippen molar-refractivity contribution in [2.45, 2.75) is 69.4 Å². The van der Waals surface area contributed by atoms with Crippen LogP contribution in [-0.4, -0.2) is 87.7 Å². The van der Waals surface area contributed by atoms with Crippen LogP contribution < -0.4 is 9.64 Å². The summed E-state index contributed by atoms with van der Waals surface area (Å²) in [4.78, 5) is 32.9. The number of pyridine rings is 1. The number of phenols is 1. The number of aromatic hydroxyl groups is 1. The van der Waals surface area contributed by atoms with Crippen molar-refractivity contribution in [3.8, 4) is 35.4 Å². The van der Waals surface area contributed by atoms with Gasteiger partial charge in [-0.2, -0.15) is 9.97 Å². The lowest BCUT2D eigenvalue weighted by Gasteiger charge is -2.35. The molecule has 0 spiro atoms. The summed E-state index contributed by atoms with van der Waals surface area (Å²) < 4.78 is 38.4. The third-order valence-electron chi connectivity index (χ3n) is 11.7. The van der Waals surface area contributed by atoms with E-state index in [4.69, 9.17) is 16.1 Å². The van der Waals surface area contributed by atoms with Gasteiger partial charge in [0.05, 0.1) is 16.5 Å². The molecule has 1 saturated carbocycles. The van der Waals surface area contributed by atoms with Crippen LogP contribution in [0.5, 0.6) is 11.8 Å². The van der Waals surface area contributed by atoms with Gasteiger partial charge in [-0.25, -0.2) is 8.78 Å². The number of terminal acetylenes is 1. The maximum absolute atomic E-state index is 17.0. The largest absolute Gasteiger partial charge is 0.508 e. The zero-order chi connectivity index (χ0) is 34.7. The molecule has 1 amide bonds. The van der Waals surface area contributed by atoms with Gasteiger partial charge in [-0.15, -0.1) is 6.42 Å². The molecule has 4 aromatic rings. The van der Waals surface area contributed by atoms with E-state index in [0.717, 1.165) is 51.7 Å². The molecule has 2 bridgehead atoms. The van der Waals surface area contributed by atoms with Gasteiger partial charge in [0.1, 0.15) is 35.2 Å². The molecule has 0 radical (unpaired) electrons. The van der Waals surface area contributed by atoms with E-state index in [1.807, 2.05) is 0 Å². The molecular weight excluding hydrogens is 638 g/mol. The maximum Gasteiger partial charge on any atom is 0.319 e. The van der Waals surface area contributed by atoms with Crippen molar-refractivity contribution in [3.63, 3.8) is 0 Å². The number of carbonyl (C=O) groups is 1. The number of rotatable bonds is 8. The highest BCUT2D eigenvalue weighted by Crippen LogP contribution is 2.45. The van der Waals surface area contributed by atoms with Crippen molar-refractivity contribution >= 4 is 33.4 Å². The quantitative estimate of drug-likeness (QED) is 0.217. The SMILES string of the molecule is C#Cc1c(F)ccc2cc(O)cc(-c3ncc4c(N5CC6CCC(C6)C5)nc(OC[C@]56CCCN5[C@@H](CCC(=O)N(C)C)CC6)nc4c3F)c12. The first kappa shape index (κ1) is 32.6. The van der Waals surface area contributed by atoms with E-state index in [1.54, 1.807) is 25.2 Å². The van der Waals surface area contributed by atoms with Gasteiger partial charge in [0.2, 0.25) is 5.91 Å². The molecular formula is C39H42F2N6O3. The monoisotopic (exact) mass is 680 g/mol. The van der Waals surface area contributed by atoms with Gasteiger partial charge in [-0.05, 0) is 93.3 Å². The Morgan fingerprint density at radius 3 is 2.70 bits per heavy atom. The Morgan fingerprint density at radius 1 is 1.14 bits per heavy atom. The highest BCUT2D eigenvalue weighted by molar-refractivity contribution is 6.03. The van der Waals surface area contributed by atoms with Crippen LogP contribution in [0.1, 0.15) is 63.4 Å². The van der Waals surface area contributed by atoms with Crippen LogP contribution in [0.2, 0.25) is 0 Å². The van der Waals surface area contributed by atoms with E-state index in [1.165, 1.54) is 43.5 Å². The van der Waals surface area contributed by atoms with Crippen LogP contribution in [0.15, 0.2) is 30.5 Å². The van der Waals surface area contributed by atoms with Gasteiger partial charge in [-0.3, -0.25) is 14.7 Å². The molecule has 50 heavy (non-hydrogen) atoms. The van der Waals surface area contributed by atoms with Gasteiger partial charge in [0.15, 0.2) is 5.82 Å². The van der Waals surface area contributed by atoms with Crippen molar-refractivity contribution in [2.75, 3.05) is 45.2 Å². The number of aromatic nitrogens is 3. The summed E-state index contributed by atoms with van der Waals surface area (Å²) in [5.41, 5.74) is -0.0872. The molecule has 5 heterocycles. The van der Waals surface area contributed by atoms with Crippen molar-refractivity contribution < 1.29 is 23.4 Å². The van der Waals surface area contributed by atoms with Crippen LogP contribution in [0.3, 0.4) is 0 Å². The van der Waals surface area contributed by atoms with Crippen LogP contribution in [0.25, 0.3) is 32.9 Å². The molecule has 4 fully saturated rings. The lowest BCUT2D eigenvalue weighted by Crippen LogP contribution is -2.47. The number of halogens is 2. The Kier molecular flexibility index (Phi) is 8.25. The molecule has 3 aliphatic heterocycles. The molecule has 3 saturated heterocycles. The first-order chi connectivity index (χ1) is 24.1. The summed E-state index contributed by atoms with van der Waals surface area (Å²) in [5, 5.41) is 11.8. The molecule has 8 rings (SSSR count). The number of piperidine rings is 1. The number of hydrogen-bond acceptors (Lipinski definition) is 8. The third kappa shape index (κ3) is 5.58. The fourth-order valence-corrected chi connectivity index (χ4v) is 9.28. The fourth-order valence-electron chi connectivity index (χ4n) is 9.28. The standard InChI is InChI=1S/C39H42F2N6O3/c1-4-28-31(40)10-8-25-17-27(48)18-29(33(25)28)35-34(41)36-30(19-42-35)37(46-20-23-6-7-24(16-23)21-46)44-38(43-36)50-22-39-13-5-15-47(39)26(12-14-39)9-11-32(49)45(2)3/h1,8,10,17-19,23-24,26,48H,5-7,9,11-16,20-22H2,2-3H3/t23?,24?,26-,39+/m0/s1. The minimum atomic E-state index is -0.720. The Morgan fingerprint density at radius 2 is 1.94 bits per heavy atom. The van der Waals surface area contributed by atoms with E-state index < -0.39 is 11.6 Å². The molecule has 1 aliphatic carbocycles. The summed E-state index contributed by atoms with van der Waals surface area (Å²) in [6, 6.07) is 5.98. The Hall–Kier alpha value is -4.56. The highest BCUT2D eigenvalue weighted by atomic mass is 19.1. The normalized spacial score (nSPS) is 24.5. The second-order valence-electron chi connectivity index (χ2n) is 15.0. The molecule has 2 aromatic carbocycles. The molecule has 4 aliphatic rings. The Balaban J connectivity index is 1.18. The van der Waals surface area contributed by atoms with Crippen molar-refractivity contribution in [2.24, 2.45) is 11.8 Å². The van der Waals surface area contributed by atoms with Gasteiger partial charge >= 0.3 is 6.01 Å². The molecule has 9 nitrogen and oxygen atoms in total. The number of fused-ring (bicyclic) bond motifs is 5. The number of nitrogens with zero attached hydrogens (tertiary/aromatic N) is 6. The summed E-state index contributed by atoms with van der Waals surface area (Å²) in [5.74, 6) is 2.78. The van der Waals surface area contributed by atoms with Crippen molar-refractivity contribution in [1.29, 1.82) is 0 Å². The first-order valence-electron chi connectivity index (χ1n) is 17.8. The number of benzene rings is 2. The molecule has 4 atom stereocenters. The summed E-state index contributed by atoms with van der Waals surface area (Å²) >= 11 is 0. The summed E-state index contributed by atoms with van der Waals surface area (Å²) in [6.45, 7) is 2.95. The predicted molar refractivity (Wildman–Crippen MR) is 188 cm³/mol. The van der Waals surface area contributed by atoms with E-state index in [9.17, 15) is 14.3 Å². The highest BCUT2D eigenvalue weighted by Gasteiger charge is 2.49. The van der Waals surface area contributed by atoms with Crippen LogP contribution >= 0.6 is 0 Å². The maximum atomic E-state index is 17.0. The number of ether oxygens (including phenoxy) is 1. The summed E-state index contributed by atoms with van der Waals surface area (Å²) in [6.07, 6.45) is 16.1. The molecule has 11 heteroatoms. The van der Waals surface area contributed by atoms with Crippen LogP contribution in [0, 0.1) is 35.8 Å². The minimum absolute atomic E-state index is 0.0312. The van der Waals surface area contributed by atoms with Crippen molar-refractivity contribution in [1.82, 2.24) is 24.8 Å². The van der Waals surface area contributed by atoms with E-state index in [-0.39, 0.29) is 50.9 Å². The van der Waals surface area contributed by atoms with Gasteiger partial charge in [0, 0.05) is 56.8 Å². The first-order valence-corrected chi connectivity index (χ1v) is 17.8. The van der Waals surface area contributed by atoms with Gasteiger partial charge < -0.3 is 19.6 Å². The summed E-state index contributed by atoms with van der Waals surface area (Å²) in [7, 11) is 3.58. The molecule has 1 N–H and O–H groups in total. The number of carbonyl (C=O) groups excluding carboxylic acids is 1. The van der Waals surface area contributed by atoms with Crippen LogP contribution in [-0.2, 0) is 4.79 Å². The average Bonchev–Trinajstić information content (AvgIpc) is 3.78. The lowest BCUT2D eigenvalue weighted by molar-refractivity contribution is -0.129. The van der Waals surface area contributed by atoms with E-state index in [0.29, 0.717) is 47.5 Å². The Labute approximate surface area is 290 Å². The zero-order valence-corrected chi connectivity index (χ0v) is 28.6. The molecule has 260 valence electrons. The average molecular weight is 681 g/mol. The third-order valence-corrected chi connectivity index (χ3v) is 11.7. The van der Waals surface area contributed by atoms with Crippen molar-refractivity contribution in [3.05, 3.63) is 47.7 Å². The molecule has 2 aromatic heterocycles. The van der Waals surface area contributed by atoms with Gasteiger partial charge in [-0.1, -0.05) is 12.0 Å². The number of phenolic OH excluding ortho intramolecular Hbond substituents is 1. The minimum Gasteiger partial charge on any atom is -0.508 e. The van der Waals surface area contributed by atoms with Gasteiger partial charge in [0.25, 0.3) is 0 Å². The Bertz CT molecular complexity index is 2040. The van der Waals surface area contributed by atoms with E-state index in [2.05, 4.69) is 25.7 Å². The smallest absolute Gasteiger partial charge is 0.319 e. The van der Waals surface area contributed by atoms with Crippen LogP contribution in [0.4, 0.5) is 14.6 Å².